The first-order valence-corrected chi connectivity index (χ1v) is 6.23. The second kappa shape index (κ2) is 6.10. The Bertz CT molecular complexity index is 331. The second-order valence-electron chi connectivity index (χ2n) is 4.94. The van der Waals surface area contributed by atoms with Gasteiger partial charge in [-0.1, -0.05) is 6.92 Å². The van der Waals surface area contributed by atoms with Crippen LogP contribution in [0.15, 0.2) is 24.5 Å². The van der Waals surface area contributed by atoms with Crippen LogP contribution in [-0.4, -0.2) is 47.3 Å². The Morgan fingerprint density at radius 3 is 2.88 bits per heavy atom. The molecule has 94 valence electrons. The van der Waals surface area contributed by atoms with Crippen LogP contribution in [0.4, 0.5) is 0 Å². The van der Waals surface area contributed by atoms with Crippen molar-refractivity contribution in [3.05, 3.63) is 30.1 Å². The Kier molecular flexibility index (Phi) is 4.48. The van der Waals surface area contributed by atoms with Crippen molar-refractivity contribution >= 4 is 0 Å². The van der Waals surface area contributed by atoms with E-state index < -0.39 is 0 Å². The van der Waals surface area contributed by atoms with Gasteiger partial charge in [-0.2, -0.15) is 0 Å². The minimum atomic E-state index is 0.196. The van der Waals surface area contributed by atoms with Gasteiger partial charge in [-0.3, -0.25) is 9.88 Å². The van der Waals surface area contributed by atoms with Crippen molar-refractivity contribution in [2.45, 2.75) is 19.5 Å². The lowest BCUT2D eigenvalue weighted by Gasteiger charge is -2.24. The number of rotatable bonds is 3. The van der Waals surface area contributed by atoms with E-state index in [2.05, 4.69) is 34.3 Å². The largest absolute Gasteiger partial charge is 0.395 e. The molecular weight excluding hydrogens is 214 g/mol. The van der Waals surface area contributed by atoms with Crippen molar-refractivity contribution in [2.24, 2.45) is 5.92 Å². The highest BCUT2D eigenvalue weighted by molar-refractivity contribution is 5.09. The number of aliphatic hydroxyl groups excluding tert-OH is 1. The van der Waals surface area contributed by atoms with Gasteiger partial charge in [0.25, 0.3) is 0 Å². The molecule has 0 spiro atoms. The number of hydrogen-bond acceptors (Lipinski definition) is 4. The molecule has 1 fully saturated rings. The fourth-order valence-electron chi connectivity index (χ4n) is 2.32. The summed E-state index contributed by atoms with van der Waals surface area (Å²) in [6, 6.07) is 4.30. The molecule has 1 aromatic rings. The van der Waals surface area contributed by atoms with Gasteiger partial charge in [0.2, 0.25) is 0 Å². The molecule has 2 unspecified atom stereocenters. The number of nitrogens with zero attached hydrogens (tertiary/aromatic N) is 2. The van der Waals surface area contributed by atoms with Gasteiger partial charge in [-0.05, 0) is 30.2 Å². The first-order chi connectivity index (χ1) is 8.28. The zero-order valence-electron chi connectivity index (χ0n) is 10.3. The molecule has 2 atom stereocenters. The zero-order chi connectivity index (χ0) is 12.1. The Hall–Kier alpha value is -0.970. The lowest BCUT2D eigenvalue weighted by molar-refractivity contribution is 0.192. The molecule has 1 aliphatic heterocycles. The minimum Gasteiger partial charge on any atom is -0.395 e. The van der Waals surface area contributed by atoms with Gasteiger partial charge in [0, 0.05) is 38.1 Å². The maximum Gasteiger partial charge on any atom is 0.0597 e. The minimum absolute atomic E-state index is 0.196. The van der Waals surface area contributed by atoms with Crippen molar-refractivity contribution in [3.8, 4) is 0 Å². The highest BCUT2D eigenvalue weighted by atomic mass is 16.3. The van der Waals surface area contributed by atoms with E-state index in [1.807, 2.05) is 12.4 Å². The van der Waals surface area contributed by atoms with Crippen molar-refractivity contribution in [3.63, 3.8) is 0 Å². The molecule has 17 heavy (non-hydrogen) atoms. The Labute approximate surface area is 103 Å². The van der Waals surface area contributed by atoms with E-state index in [0.717, 1.165) is 26.2 Å². The monoisotopic (exact) mass is 235 g/mol. The number of nitrogens with one attached hydrogen (secondary N) is 1. The van der Waals surface area contributed by atoms with E-state index in [-0.39, 0.29) is 12.6 Å². The molecular formula is C13H21N3O. The molecule has 1 aliphatic rings. The third-order valence-corrected chi connectivity index (χ3v) is 3.18. The summed E-state index contributed by atoms with van der Waals surface area (Å²) in [5.41, 5.74) is 1.28. The number of aromatic nitrogens is 1. The number of hydrogen-bond donors (Lipinski definition) is 2. The molecule has 0 amide bonds. The Morgan fingerprint density at radius 1 is 1.41 bits per heavy atom. The van der Waals surface area contributed by atoms with Crippen molar-refractivity contribution in [1.29, 1.82) is 0 Å². The van der Waals surface area contributed by atoms with Gasteiger partial charge < -0.3 is 10.4 Å². The van der Waals surface area contributed by atoms with Gasteiger partial charge >= 0.3 is 0 Å². The van der Waals surface area contributed by atoms with Crippen LogP contribution >= 0.6 is 0 Å². The summed E-state index contributed by atoms with van der Waals surface area (Å²) >= 11 is 0. The van der Waals surface area contributed by atoms with Crippen molar-refractivity contribution < 1.29 is 5.11 Å². The normalized spacial score (nSPS) is 26.7. The van der Waals surface area contributed by atoms with Gasteiger partial charge in [-0.25, -0.2) is 0 Å². The van der Waals surface area contributed by atoms with Crippen molar-refractivity contribution in [2.75, 3.05) is 26.2 Å². The van der Waals surface area contributed by atoms with Crippen molar-refractivity contribution in [1.82, 2.24) is 15.2 Å². The third kappa shape index (κ3) is 3.77. The van der Waals surface area contributed by atoms with Gasteiger partial charge in [-0.15, -0.1) is 0 Å². The molecule has 2 rings (SSSR count). The van der Waals surface area contributed by atoms with Crippen LogP contribution in [0.25, 0.3) is 0 Å². The fourth-order valence-corrected chi connectivity index (χ4v) is 2.32. The molecule has 1 aromatic heterocycles. The van der Waals surface area contributed by atoms with Gasteiger partial charge in [0.05, 0.1) is 6.61 Å². The van der Waals surface area contributed by atoms with Crippen LogP contribution in [0, 0.1) is 5.92 Å². The first kappa shape index (κ1) is 12.5. The van der Waals surface area contributed by atoms with Crippen LogP contribution < -0.4 is 5.32 Å². The van der Waals surface area contributed by atoms with E-state index in [9.17, 15) is 5.11 Å². The molecule has 0 saturated carbocycles. The summed E-state index contributed by atoms with van der Waals surface area (Å²) in [5, 5.41) is 12.7. The molecule has 4 nitrogen and oxygen atoms in total. The molecule has 1 saturated heterocycles. The van der Waals surface area contributed by atoms with Crippen LogP contribution in [0.3, 0.4) is 0 Å². The van der Waals surface area contributed by atoms with Gasteiger partial charge in [0.1, 0.15) is 0 Å². The summed E-state index contributed by atoms with van der Waals surface area (Å²) in [5.74, 6) is 0.619. The summed E-state index contributed by atoms with van der Waals surface area (Å²) < 4.78 is 0. The molecule has 2 N–H and O–H groups in total. The predicted octanol–water partition coefficient (Wildman–Crippen LogP) is 0.484. The van der Waals surface area contributed by atoms with Crippen LogP contribution in [0.2, 0.25) is 0 Å². The standard InChI is InChI=1S/C13H21N3O/c1-11-6-15-13(10-17)9-16(7-11)8-12-2-4-14-5-3-12/h2-5,11,13,15,17H,6-10H2,1H3. The maximum absolute atomic E-state index is 9.29. The highest BCUT2D eigenvalue weighted by Gasteiger charge is 2.20. The SMILES string of the molecule is CC1CNC(CO)CN(Cc2ccncc2)C1. The maximum atomic E-state index is 9.29. The van der Waals surface area contributed by atoms with E-state index in [4.69, 9.17) is 0 Å². The smallest absolute Gasteiger partial charge is 0.0597 e. The van der Waals surface area contributed by atoms with E-state index in [1.165, 1.54) is 5.56 Å². The Morgan fingerprint density at radius 2 is 2.18 bits per heavy atom. The van der Waals surface area contributed by atoms with Crippen LogP contribution in [0.5, 0.6) is 0 Å². The number of pyridine rings is 1. The van der Waals surface area contributed by atoms with E-state index in [1.54, 1.807) is 0 Å². The molecule has 0 aliphatic carbocycles. The fraction of sp³-hybridized carbons (Fsp3) is 0.615. The average molecular weight is 235 g/mol. The van der Waals surface area contributed by atoms with E-state index in [0.29, 0.717) is 5.92 Å². The average Bonchev–Trinajstić information content (AvgIpc) is 2.52. The quantitative estimate of drug-likeness (QED) is 0.800. The summed E-state index contributed by atoms with van der Waals surface area (Å²) in [6.45, 7) is 6.35. The predicted molar refractivity (Wildman–Crippen MR) is 67.6 cm³/mol. The summed E-state index contributed by atoms with van der Waals surface area (Å²) in [7, 11) is 0. The first-order valence-electron chi connectivity index (χ1n) is 6.23. The molecule has 2 heterocycles. The third-order valence-electron chi connectivity index (χ3n) is 3.18. The number of aliphatic hydroxyl groups is 1. The molecule has 0 aromatic carbocycles. The lowest BCUT2D eigenvalue weighted by Crippen LogP contribution is -2.39. The highest BCUT2D eigenvalue weighted by Crippen LogP contribution is 2.10. The Balaban J connectivity index is 1.98. The van der Waals surface area contributed by atoms with Gasteiger partial charge in [0.15, 0.2) is 0 Å². The van der Waals surface area contributed by atoms with E-state index >= 15 is 0 Å². The molecule has 0 bridgehead atoms. The summed E-state index contributed by atoms with van der Waals surface area (Å²) in [4.78, 5) is 6.44. The molecule has 0 radical (unpaired) electrons. The topological polar surface area (TPSA) is 48.4 Å². The zero-order valence-corrected chi connectivity index (χ0v) is 10.3. The lowest BCUT2D eigenvalue weighted by atomic mass is 10.1. The summed E-state index contributed by atoms with van der Waals surface area (Å²) in [6.07, 6.45) is 3.66. The molecule has 4 heteroatoms. The van der Waals surface area contributed by atoms with Crippen LogP contribution in [0.1, 0.15) is 12.5 Å². The second-order valence-corrected chi connectivity index (χ2v) is 4.94. The van der Waals surface area contributed by atoms with Crippen LogP contribution in [-0.2, 0) is 6.54 Å².